The van der Waals surface area contributed by atoms with Crippen molar-refractivity contribution in [2.75, 3.05) is 0 Å². The molecule has 0 unspecified atom stereocenters. The number of aliphatic imine (C=N–C) groups is 1. The Bertz CT molecular complexity index is 1530. The zero-order chi connectivity index (χ0) is 26.0. The average Bonchev–Trinajstić information content (AvgIpc) is 2.90. The Morgan fingerprint density at radius 3 is 2.24 bits per heavy atom. The predicted molar refractivity (Wildman–Crippen MR) is 148 cm³/mol. The Balaban J connectivity index is 0.000000205. The molecule has 0 aliphatic rings. The molecule has 6 heteroatoms. The molecule has 5 aromatic rings. The number of rotatable bonds is 5. The Morgan fingerprint density at radius 2 is 1.53 bits per heavy atom. The van der Waals surface area contributed by atoms with Crippen LogP contribution in [-0.2, 0) is 20.1 Å². The van der Waals surface area contributed by atoms with Gasteiger partial charge in [0, 0.05) is 43.6 Å². The Kier molecular flexibility index (Phi) is 10.6. The summed E-state index contributed by atoms with van der Waals surface area (Å²) >= 11 is 0. The summed E-state index contributed by atoms with van der Waals surface area (Å²) < 4.78 is 26.6. The molecule has 4 aromatic carbocycles. The first-order chi connectivity index (χ1) is 18.0. The summed E-state index contributed by atoms with van der Waals surface area (Å²) in [7, 11) is 0. The van der Waals surface area contributed by atoms with Crippen molar-refractivity contribution in [3.63, 3.8) is 0 Å². The van der Waals surface area contributed by atoms with E-state index in [9.17, 15) is 8.78 Å². The van der Waals surface area contributed by atoms with E-state index >= 15 is 0 Å². The monoisotopic (exact) mass is 682 g/mol. The van der Waals surface area contributed by atoms with Crippen molar-refractivity contribution in [2.45, 2.75) is 13.8 Å². The first-order valence-electron chi connectivity index (χ1n) is 11.8. The van der Waals surface area contributed by atoms with Gasteiger partial charge in [0.25, 0.3) is 0 Å². The van der Waals surface area contributed by atoms with Crippen LogP contribution in [0.25, 0.3) is 27.3 Å². The van der Waals surface area contributed by atoms with Crippen LogP contribution in [0.5, 0.6) is 0 Å². The number of para-hydroxylation sites is 2. The number of benzene rings is 4. The van der Waals surface area contributed by atoms with Gasteiger partial charge in [0.15, 0.2) is 0 Å². The van der Waals surface area contributed by atoms with E-state index < -0.39 is 11.6 Å². The molecule has 0 atom stereocenters. The zero-order valence-corrected chi connectivity index (χ0v) is 23.3. The number of fused-ring (bicyclic) bond motifs is 1. The molecule has 0 bridgehead atoms. The van der Waals surface area contributed by atoms with Gasteiger partial charge in [-0.3, -0.25) is 13.8 Å². The summed E-state index contributed by atoms with van der Waals surface area (Å²) in [6.07, 6.45) is 3.59. The molecule has 0 aliphatic heterocycles. The number of halogens is 2. The molecular formula is C32H25F2IrN3-2. The van der Waals surface area contributed by atoms with Gasteiger partial charge in [-0.2, -0.15) is 5.70 Å². The van der Waals surface area contributed by atoms with Crippen LogP contribution in [0.4, 0.5) is 20.2 Å². The summed E-state index contributed by atoms with van der Waals surface area (Å²) in [4.78, 5) is 8.69. The summed E-state index contributed by atoms with van der Waals surface area (Å²) in [6, 6.07) is 33.8. The summed E-state index contributed by atoms with van der Waals surface area (Å²) in [6.45, 7) is 3.97. The maximum Gasteiger partial charge on any atom is 0.0632 e. The van der Waals surface area contributed by atoms with Crippen molar-refractivity contribution in [2.24, 2.45) is 4.99 Å². The number of hydrogen-bond acceptors (Lipinski definition) is 2. The topological polar surface area (TPSA) is 39.4 Å². The number of allylic oxidation sites excluding steroid dienone is 2. The van der Waals surface area contributed by atoms with Crippen LogP contribution in [-0.4, -0.2) is 10.7 Å². The smallest absolute Gasteiger partial charge is 0.0632 e. The number of nitrogens with zero attached hydrogens (tertiary/aromatic N) is 3. The molecule has 38 heavy (non-hydrogen) atoms. The second-order valence-electron chi connectivity index (χ2n) is 8.24. The molecule has 1 radical (unpaired) electrons. The van der Waals surface area contributed by atoms with Gasteiger partial charge in [-0.1, -0.05) is 97.4 Å². The number of aromatic nitrogens is 1. The third kappa shape index (κ3) is 8.00. The van der Waals surface area contributed by atoms with Gasteiger partial charge in [0.05, 0.1) is 5.69 Å². The van der Waals surface area contributed by atoms with E-state index in [4.69, 9.17) is 0 Å². The van der Waals surface area contributed by atoms with Crippen LogP contribution in [0, 0.1) is 17.7 Å². The van der Waals surface area contributed by atoms with Crippen LogP contribution in [0.1, 0.15) is 13.8 Å². The van der Waals surface area contributed by atoms with Crippen LogP contribution in [0.3, 0.4) is 0 Å². The van der Waals surface area contributed by atoms with E-state index in [1.807, 2.05) is 111 Å². The molecular weight excluding hydrogens is 657 g/mol. The third-order valence-electron chi connectivity index (χ3n) is 5.31. The van der Waals surface area contributed by atoms with Crippen molar-refractivity contribution >= 4 is 27.9 Å². The van der Waals surface area contributed by atoms with Gasteiger partial charge in [-0.05, 0) is 41.6 Å². The van der Waals surface area contributed by atoms with Crippen molar-refractivity contribution < 1.29 is 28.9 Å². The van der Waals surface area contributed by atoms with Gasteiger partial charge in [0.2, 0.25) is 0 Å². The molecule has 0 aliphatic carbocycles. The minimum atomic E-state index is -0.654. The fourth-order valence-corrected chi connectivity index (χ4v) is 3.72. The van der Waals surface area contributed by atoms with E-state index in [1.54, 1.807) is 6.20 Å². The fourth-order valence-electron chi connectivity index (χ4n) is 3.72. The van der Waals surface area contributed by atoms with Crippen LogP contribution in [0.2, 0.25) is 0 Å². The van der Waals surface area contributed by atoms with Crippen LogP contribution >= 0.6 is 0 Å². The summed E-state index contributed by atoms with van der Waals surface area (Å²) in [5, 5.41) is 6.30. The standard InChI is InChI=1S/C17H17N2.C15H8F2N.Ir/c1-14(18-16-9-5-3-6-10-16)13-15(2)19-17-11-7-4-8-12-17;16-11-5-6-13(14(17)9-11)15-12-4-2-1-3-10(12)7-8-18-15;/h3-13H,1-2H3;1-5,7-9H;/q2*-1;/b14-13-,19-15?;;. The molecule has 3 nitrogen and oxygen atoms in total. The van der Waals surface area contributed by atoms with E-state index in [-0.39, 0.29) is 25.7 Å². The molecule has 0 spiro atoms. The van der Waals surface area contributed by atoms with Crippen molar-refractivity contribution in [3.05, 3.63) is 144 Å². The quantitative estimate of drug-likeness (QED) is 0.135. The molecule has 1 heterocycles. The minimum Gasteiger partial charge on any atom is -0.661 e. The zero-order valence-electron chi connectivity index (χ0n) is 20.9. The van der Waals surface area contributed by atoms with Crippen molar-refractivity contribution in [1.82, 2.24) is 4.98 Å². The van der Waals surface area contributed by atoms with E-state index in [0.29, 0.717) is 5.69 Å². The number of hydrogen-bond donors (Lipinski definition) is 0. The van der Waals surface area contributed by atoms with Gasteiger partial charge in [-0.15, -0.1) is 17.8 Å². The first-order valence-corrected chi connectivity index (χ1v) is 11.8. The largest absolute Gasteiger partial charge is 0.661 e. The molecule has 0 saturated heterocycles. The molecule has 5 rings (SSSR count). The molecule has 1 aromatic heterocycles. The van der Waals surface area contributed by atoms with Crippen LogP contribution in [0.15, 0.2) is 126 Å². The summed E-state index contributed by atoms with van der Waals surface area (Å²) in [5.74, 6) is -1.30. The molecule has 193 valence electrons. The average molecular weight is 682 g/mol. The third-order valence-corrected chi connectivity index (χ3v) is 5.31. The predicted octanol–water partition coefficient (Wildman–Crippen LogP) is 9.37. The van der Waals surface area contributed by atoms with E-state index in [1.165, 1.54) is 0 Å². The van der Waals surface area contributed by atoms with Gasteiger partial charge in [-0.25, -0.2) is 0 Å². The molecule has 0 fully saturated rings. The van der Waals surface area contributed by atoms with Crippen molar-refractivity contribution in [1.29, 1.82) is 0 Å². The Labute approximate surface area is 235 Å². The van der Waals surface area contributed by atoms with Gasteiger partial charge < -0.3 is 10.3 Å². The second-order valence-corrected chi connectivity index (χ2v) is 8.24. The Morgan fingerprint density at radius 1 is 0.868 bits per heavy atom. The minimum absolute atomic E-state index is 0. The molecule has 0 amide bonds. The van der Waals surface area contributed by atoms with Gasteiger partial charge >= 0.3 is 0 Å². The molecule has 0 N–H and O–H groups in total. The van der Waals surface area contributed by atoms with Gasteiger partial charge in [0.1, 0.15) is 0 Å². The second kappa shape index (κ2) is 14.1. The summed E-state index contributed by atoms with van der Waals surface area (Å²) in [5.41, 5.74) is 4.48. The normalized spacial score (nSPS) is 11.3. The maximum atomic E-state index is 13.8. The SMILES string of the molecule is CC(/C=C(/C)[N-]c1ccccc1)=Nc1ccccc1.Fc1c[c-]c(-c2nccc3ccccc23)c(F)c1.[Ir]. The van der Waals surface area contributed by atoms with E-state index in [0.717, 1.165) is 45.7 Å². The van der Waals surface area contributed by atoms with Crippen molar-refractivity contribution in [3.8, 4) is 11.3 Å². The molecule has 0 saturated carbocycles. The Hall–Kier alpha value is -3.99. The maximum absolute atomic E-state index is 13.8. The first kappa shape index (κ1) is 28.6. The number of pyridine rings is 1. The van der Waals surface area contributed by atoms with Crippen LogP contribution < -0.4 is 0 Å². The van der Waals surface area contributed by atoms with E-state index in [2.05, 4.69) is 21.4 Å². The fraction of sp³-hybridized carbons (Fsp3) is 0.0625.